The summed E-state index contributed by atoms with van der Waals surface area (Å²) < 4.78 is 39.4. The van der Waals surface area contributed by atoms with E-state index in [0.717, 1.165) is 12.1 Å². The van der Waals surface area contributed by atoms with Gasteiger partial charge in [0.25, 0.3) is 10.0 Å². The number of nitrogen functional groups attached to an aromatic ring is 1. The molecule has 0 spiro atoms. The lowest BCUT2D eigenvalue weighted by Crippen LogP contribution is -2.13. The molecule has 2 aromatic carbocycles. The van der Waals surface area contributed by atoms with Gasteiger partial charge in [-0.25, -0.2) is 12.8 Å². The number of nitrogens with two attached hydrogens (primary N) is 1. The van der Waals surface area contributed by atoms with Crippen molar-refractivity contribution in [2.45, 2.75) is 4.90 Å². The summed E-state index contributed by atoms with van der Waals surface area (Å²) in [6, 6.07) is 7.24. The molecule has 106 valence electrons. The lowest BCUT2D eigenvalue weighted by atomic mass is 10.3. The van der Waals surface area contributed by atoms with Gasteiger partial charge in [0.15, 0.2) is 0 Å². The third-order valence-corrected chi connectivity index (χ3v) is 4.47. The minimum absolute atomic E-state index is 0.0458. The van der Waals surface area contributed by atoms with Crippen molar-refractivity contribution >= 4 is 44.6 Å². The number of hydrogen-bond acceptors (Lipinski definition) is 3. The summed E-state index contributed by atoms with van der Waals surface area (Å²) in [5.41, 5.74) is 5.77. The minimum Gasteiger partial charge on any atom is -0.397 e. The van der Waals surface area contributed by atoms with E-state index in [9.17, 15) is 12.8 Å². The number of rotatable bonds is 3. The molecule has 20 heavy (non-hydrogen) atoms. The van der Waals surface area contributed by atoms with Gasteiger partial charge >= 0.3 is 0 Å². The molecule has 3 N–H and O–H groups in total. The first-order valence-electron chi connectivity index (χ1n) is 5.32. The standard InChI is InChI=1S/C12H9Cl2FN2O2S/c13-9-3-2-8(6-11(9)16)20(18,19)17-12-4-1-7(15)5-10(12)14/h1-6,17H,16H2. The average molecular weight is 335 g/mol. The van der Waals surface area contributed by atoms with Gasteiger partial charge in [0, 0.05) is 0 Å². The number of nitrogens with one attached hydrogen (secondary N) is 1. The van der Waals surface area contributed by atoms with Gasteiger partial charge in [-0.1, -0.05) is 23.2 Å². The van der Waals surface area contributed by atoms with E-state index in [1.54, 1.807) is 0 Å². The van der Waals surface area contributed by atoms with Crippen LogP contribution in [0.25, 0.3) is 0 Å². The Kier molecular flexibility index (Phi) is 4.08. The zero-order valence-corrected chi connectivity index (χ0v) is 12.2. The summed E-state index contributed by atoms with van der Waals surface area (Å²) >= 11 is 11.5. The van der Waals surface area contributed by atoms with Gasteiger partial charge in [-0.05, 0) is 36.4 Å². The fourth-order valence-electron chi connectivity index (χ4n) is 1.46. The van der Waals surface area contributed by atoms with Crippen molar-refractivity contribution in [3.05, 3.63) is 52.3 Å². The van der Waals surface area contributed by atoms with Crippen LogP contribution in [-0.4, -0.2) is 8.42 Å². The van der Waals surface area contributed by atoms with Crippen LogP contribution < -0.4 is 10.5 Å². The Hall–Kier alpha value is -1.50. The largest absolute Gasteiger partial charge is 0.397 e. The number of benzene rings is 2. The molecule has 2 rings (SSSR count). The summed E-state index contributed by atoms with van der Waals surface area (Å²) in [6.07, 6.45) is 0. The lowest BCUT2D eigenvalue weighted by Gasteiger charge is -2.10. The van der Waals surface area contributed by atoms with Crippen LogP contribution >= 0.6 is 23.2 Å². The maximum atomic E-state index is 12.9. The summed E-state index contributed by atoms with van der Waals surface area (Å²) in [5, 5.41) is 0.208. The minimum atomic E-state index is -3.88. The number of anilines is 2. The third kappa shape index (κ3) is 3.15. The lowest BCUT2D eigenvalue weighted by molar-refractivity contribution is 0.601. The maximum absolute atomic E-state index is 12.9. The van der Waals surface area contributed by atoms with Crippen LogP contribution in [0.15, 0.2) is 41.3 Å². The molecule has 0 aromatic heterocycles. The van der Waals surface area contributed by atoms with Crippen molar-refractivity contribution in [1.29, 1.82) is 0 Å². The van der Waals surface area contributed by atoms with Gasteiger partial charge in [-0.15, -0.1) is 0 Å². The Labute approximate surface area is 125 Å². The Bertz CT molecular complexity index is 766. The van der Waals surface area contributed by atoms with Crippen molar-refractivity contribution in [2.75, 3.05) is 10.5 Å². The normalized spacial score (nSPS) is 11.3. The van der Waals surface area contributed by atoms with Crippen molar-refractivity contribution < 1.29 is 12.8 Å². The molecular weight excluding hydrogens is 326 g/mol. The van der Waals surface area contributed by atoms with E-state index >= 15 is 0 Å². The van der Waals surface area contributed by atoms with Crippen molar-refractivity contribution in [3.63, 3.8) is 0 Å². The topological polar surface area (TPSA) is 72.2 Å². The van der Waals surface area contributed by atoms with Crippen LogP contribution in [0.2, 0.25) is 10.0 Å². The predicted molar refractivity (Wildman–Crippen MR) is 78.1 cm³/mol. The first kappa shape index (κ1) is 14.9. The summed E-state index contributed by atoms with van der Waals surface area (Å²) in [6.45, 7) is 0. The molecule has 8 heteroatoms. The average Bonchev–Trinajstić information content (AvgIpc) is 2.36. The molecule has 0 aliphatic heterocycles. The fraction of sp³-hybridized carbons (Fsp3) is 0. The van der Waals surface area contributed by atoms with E-state index in [1.807, 2.05) is 0 Å². The second kappa shape index (κ2) is 5.47. The predicted octanol–water partition coefficient (Wildman–Crippen LogP) is 3.52. The van der Waals surface area contributed by atoms with E-state index in [1.165, 1.54) is 24.3 Å². The first-order chi connectivity index (χ1) is 9.29. The van der Waals surface area contributed by atoms with E-state index in [0.29, 0.717) is 0 Å². The highest BCUT2D eigenvalue weighted by Crippen LogP contribution is 2.27. The molecule has 0 aliphatic carbocycles. The Morgan fingerprint density at radius 2 is 1.75 bits per heavy atom. The Balaban J connectivity index is 2.38. The summed E-state index contributed by atoms with van der Waals surface area (Å²) in [5.74, 6) is -0.561. The highest BCUT2D eigenvalue weighted by atomic mass is 35.5. The van der Waals surface area contributed by atoms with E-state index in [-0.39, 0.29) is 26.3 Å². The molecule has 0 aliphatic rings. The van der Waals surface area contributed by atoms with Gasteiger partial charge < -0.3 is 5.73 Å². The van der Waals surface area contributed by atoms with Crippen LogP contribution in [0.1, 0.15) is 0 Å². The molecule has 0 heterocycles. The SMILES string of the molecule is Nc1cc(S(=O)(=O)Nc2ccc(F)cc2Cl)ccc1Cl. The number of halogens is 3. The van der Waals surface area contributed by atoms with Crippen LogP contribution in [0, 0.1) is 5.82 Å². The molecule has 0 bridgehead atoms. The van der Waals surface area contributed by atoms with Gasteiger partial charge in [0.05, 0.1) is 26.3 Å². The molecule has 0 fully saturated rings. The third-order valence-electron chi connectivity index (χ3n) is 2.45. The van der Waals surface area contributed by atoms with Crippen molar-refractivity contribution in [3.8, 4) is 0 Å². The van der Waals surface area contributed by atoms with E-state index in [4.69, 9.17) is 28.9 Å². The molecule has 0 saturated heterocycles. The second-order valence-corrected chi connectivity index (χ2v) is 6.41. The number of sulfonamides is 1. The van der Waals surface area contributed by atoms with Crippen molar-refractivity contribution in [2.24, 2.45) is 0 Å². The summed E-state index contributed by atoms with van der Waals surface area (Å²) in [4.78, 5) is -0.0696. The molecule has 0 amide bonds. The van der Waals surface area contributed by atoms with Crippen LogP contribution in [0.4, 0.5) is 15.8 Å². The highest BCUT2D eigenvalue weighted by Gasteiger charge is 2.17. The molecule has 0 atom stereocenters. The number of hydrogen-bond donors (Lipinski definition) is 2. The quantitative estimate of drug-likeness (QED) is 0.843. The molecule has 4 nitrogen and oxygen atoms in total. The van der Waals surface area contributed by atoms with Gasteiger partial charge in [-0.3, -0.25) is 4.72 Å². The van der Waals surface area contributed by atoms with Gasteiger partial charge in [0.1, 0.15) is 5.82 Å². The van der Waals surface area contributed by atoms with Gasteiger partial charge in [-0.2, -0.15) is 0 Å². The van der Waals surface area contributed by atoms with Gasteiger partial charge in [0.2, 0.25) is 0 Å². The maximum Gasteiger partial charge on any atom is 0.262 e. The Morgan fingerprint density at radius 3 is 2.35 bits per heavy atom. The molecular formula is C12H9Cl2FN2O2S. The second-order valence-electron chi connectivity index (χ2n) is 3.91. The first-order valence-corrected chi connectivity index (χ1v) is 7.56. The smallest absolute Gasteiger partial charge is 0.262 e. The van der Waals surface area contributed by atoms with Crippen molar-refractivity contribution in [1.82, 2.24) is 0 Å². The fourth-order valence-corrected chi connectivity index (χ4v) is 2.97. The molecule has 2 aromatic rings. The zero-order chi connectivity index (χ0) is 14.9. The monoisotopic (exact) mass is 334 g/mol. The summed E-state index contributed by atoms with van der Waals surface area (Å²) in [7, 11) is -3.88. The van der Waals surface area contributed by atoms with Crippen LogP contribution in [0.5, 0.6) is 0 Å². The van der Waals surface area contributed by atoms with Crippen LogP contribution in [0.3, 0.4) is 0 Å². The van der Waals surface area contributed by atoms with E-state index < -0.39 is 15.8 Å². The zero-order valence-electron chi connectivity index (χ0n) is 9.90. The Morgan fingerprint density at radius 1 is 1.05 bits per heavy atom. The molecule has 0 saturated carbocycles. The molecule has 0 radical (unpaired) electrons. The van der Waals surface area contributed by atoms with E-state index in [2.05, 4.69) is 4.72 Å². The van der Waals surface area contributed by atoms with Crippen LogP contribution in [-0.2, 0) is 10.0 Å². The highest BCUT2D eigenvalue weighted by molar-refractivity contribution is 7.92. The molecule has 0 unspecified atom stereocenters.